The van der Waals surface area contributed by atoms with Crippen LogP contribution in [-0.4, -0.2) is 40.1 Å². The van der Waals surface area contributed by atoms with Crippen LogP contribution < -0.4 is 0 Å². The van der Waals surface area contributed by atoms with Crippen molar-refractivity contribution in [2.24, 2.45) is 0 Å². The highest BCUT2D eigenvalue weighted by atomic mass is 35.5. The highest BCUT2D eigenvalue weighted by Gasteiger charge is 2.33. The number of H-pyrrole nitrogens is 1. The van der Waals surface area contributed by atoms with Crippen LogP contribution in [0.2, 0.25) is 5.02 Å². The summed E-state index contributed by atoms with van der Waals surface area (Å²) in [7, 11) is 0. The number of carbonyl (C=O) groups is 1. The molecule has 100 valence electrons. The summed E-state index contributed by atoms with van der Waals surface area (Å²) in [5, 5.41) is 10.6. The number of aromatic amines is 1. The van der Waals surface area contributed by atoms with E-state index in [1.54, 1.807) is 11.0 Å². The number of halogens is 1. The van der Waals surface area contributed by atoms with Crippen LogP contribution in [0, 0.1) is 0 Å². The summed E-state index contributed by atoms with van der Waals surface area (Å²) >= 11 is 5.94. The zero-order valence-corrected chi connectivity index (χ0v) is 11.2. The summed E-state index contributed by atoms with van der Waals surface area (Å²) in [6.07, 6.45) is 2.05. The molecule has 1 aliphatic carbocycles. The van der Waals surface area contributed by atoms with Crippen LogP contribution in [0.15, 0.2) is 24.3 Å². The molecule has 2 aromatic rings. The van der Waals surface area contributed by atoms with Gasteiger partial charge in [0.15, 0.2) is 0 Å². The number of aromatic nitrogens is 1. The Labute approximate surface area is 116 Å². The zero-order chi connectivity index (χ0) is 13.4. The average molecular weight is 279 g/mol. The molecule has 5 heteroatoms. The summed E-state index contributed by atoms with van der Waals surface area (Å²) in [5.41, 5.74) is 1.45. The molecule has 19 heavy (non-hydrogen) atoms. The van der Waals surface area contributed by atoms with Gasteiger partial charge in [-0.15, -0.1) is 0 Å². The minimum absolute atomic E-state index is 0.00566. The molecule has 0 bridgehead atoms. The zero-order valence-electron chi connectivity index (χ0n) is 10.4. The third kappa shape index (κ3) is 2.46. The predicted molar refractivity (Wildman–Crippen MR) is 74.5 cm³/mol. The first-order chi connectivity index (χ1) is 9.19. The topological polar surface area (TPSA) is 56.3 Å². The number of nitrogens with zero attached hydrogens (tertiary/aromatic N) is 1. The quantitative estimate of drug-likeness (QED) is 0.902. The van der Waals surface area contributed by atoms with E-state index in [1.165, 1.54) is 0 Å². The van der Waals surface area contributed by atoms with E-state index in [2.05, 4.69) is 4.98 Å². The van der Waals surface area contributed by atoms with E-state index in [4.69, 9.17) is 16.7 Å². The lowest BCUT2D eigenvalue weighted by molar-refractivity contribution is 0.0702. The first kappa shape index (κ1) is 12.5. The number of aliphatic hydroxyl groups excluding tert-OH is 1. The molecule has 3 rings (SSSR count). The summed E-state index contributed by atoms with van der Waals surface area (Å²) in [5.74, 6) is -0.0520. The lowest BCUT2D eigenvalue weighted by Crippen LogP contribution is -2.35. The lowest BCUT2D eigenvalue weighted by atomic mass is 10.2. The molecule has 1 saturated carbocycles. The van der Waals surface area contributed by atoms with Gasteiger partial charge in [0.2, 0.25) is 0 Å². The number of amides is 1. The SMILES string of the molecule is O=C(c1cc2cc(Cl)ccc2[nH]1)N(CCO)C1CC1. The van der Waals surface area contributed by atoms with Crippen LogP contribution in [0.5, 0.6) is 0 Å². The van der Waals surface area contributed by atoms with E-state index in [0.717, 1.165) is 23.7 Å². The Morgan fingerprint density at radius 3 is 2.89 bits per heavy atom. The van der Waals surface area contributed by atoms with Crippen molar-refractivity contribution >= 4 is 28.4 Å². The third-order valence-corrected chi connectivity index (χ3v) is 3.64. The van der Waals surface area contributed by atoms with E-state index in [0.29, 0.717) is 17.3 Å². The summed E-state index contributed by atoms with van der Waals surface area (Å²) in [6, 6.07) is 7.59. The van der Waals surface area contributed by atoms with Gasteiger partial charge in [0, 0.05) is 28.5 Å². The van der Waals surface area contributed by atoms with Crippen molar-refractivity contribution in [1.82, 2.24) is 9.88 Å². The van der Waals surface area contributed by atoms with Crippen LogP contribution >= 0.6 is 11.6 Å². The second kappa shape index (κ2) is 4.87. The van der Waals surface area contributed by atoms with Crippen LogP contribution in [0.1, 0.15) is 23.3 Å². The molecule has 0 atom stereocenters. The van der Waals surface area contributed by atoms with Gasteiger partial charge in [-0.1, -0.05) is 11.6 Å². The molecule has 4 nitrogen and oxygen atoms in total. The van der Waals surface area contributed by atoms with Crippen molar-refractivity contribution in [2.75, 3.05) is 13.2 Å². The molecule has 1 aromatic heterocycles. The molecule has 1 fully saturated rings. The second-order valence-electron chi connectivity index (χ2n) is 4.87. The molecule has 1 aromatic carbocycles. The number of hydrogen-bond donors (Lipinski definition) is 2. The largest absolute Gasteiger partial charge is 0.395 e. The Kier molecular flexibility index (Phi) is 3.21. The Balaban J connectivity index is 1.91. The van der Waals surface area contributed by atoms with Crippen LogP contribution in [0.4, 0.5) is 0 Å². The maximum absolute atomic E-state index is 12.4. The van der Waals surface area contributed by atoms with E-state index in [9.17, 15) is 4.79 Å². The Hall–Kier alpha value is -1.52. The van der Waals surface area contributed by atoms with Gasteiger partial charge in [0.25, 0.3) is 5.91 Å². The maximum Gasteiger partial charge on any atom is 0.270 e. The molecule has 0 spiro atoms. The maximum atomic E-state index is 12.4. The monoisotopic (exact) mass is 278 g/mol. The normalized spacial score (nSPS) is 14.8. The predicted octanol–water partition coefficient (Wildman–Crippen LogP) is 2.42. The molecule has 2 N–H and O–H groups in total. The molecule has 0 radical (unpaired) electrons. The fraction of sp³-hybridized carbons (Fsp3) is 0.357. The molecular weight excluding hydrogens is 264 g/mol. The average Bonchev–Trinajstić information content (AvgIpc) is 3.14. The van der Waals surface area contributed by atoms with Crippen molar-refractivity contribution in [3.05, 3.63) is 35.0 Å². The molecule has 0 unspecified atom stereocenters. The molecular formula is C14H15ClN2O2. The van der Waals surface area contributed by atoms with Crippen molar-refractivity contribution in [3.8, 4) is 0 Å². The fourth-order valence-electron chi connectivity index (χ4n) is 2.32. The smallest absolute Gasteiger partial charge is 0.270 e. The minimum atomic E-state index is -0.0520. The van der Waals surface area contributed by atoms with Crippen LogP contribution in [0.25, 0.3) is 10.9 Å². The standard InChI is InChI=1S/C14H15ClN2O2/c15-10-1-4-12-9(7-10)8-13(16-12)14(19)17(5-6-18)11-2-3-11/h1,4,7-8,11,16,18H,2-3,5-6H2. The van der Waals surface area contributed by atoms with Crippen molar-refractivity contribution < 1.29 is 9.90 Å². The number of rotatable bonds is 4. The van der Waals surface area contributed by atoms with Gasteiger partial charge in [0.05, 0.1) is 6.61 Å². The van der Waals surface area contributed by atoms with E-state index in [-0.39, 0.29) is 18.6 Å². The lowest BCUT2D eigenvalue weighted by Gasteiger charge is -2.20. The van der Waals surface area contributed by atoms with Crippen molar-refractivity contribution in [1.29, 1.82) is 0 Å². The summed E-state index contributed by atoms with van der Waals surface area (Å²) in [4.78, 5) is 17.3. The summed E-state index contributed by atoms with van der Waals surface area (Å²) < 4.78 is 0. The number of carbonyl (C=O) groups excluding carboxylic acids is 1. The van der Waals surface area contributed by atoms with Gasteiger partial charge in [-0.2, -0.15) is 0 Å². The fourth-order valence-corrected chi connectivity index (χ4v) is 2.50. The number of hydrogen-bond acceptors (Lipinski definition) is 2. The van der Waals surface area contributed by atoms with Crippen molar-refractivity contribution in [3.63, 3.8) is 0 Å². The number of nitrogens with one attached hydrogen (secondary N) is 1. The molecule has 0 aliphatic heterocycles. The van der Waals surface area contributed by atoms with E-state index >= 15 is 0 Å². The van der Waals surface area contributed by atoms with Crippen LogP contribution in [0.3, 0.4) is 0 Å². The third-order valence-electron chi connectivity index (χ3n) is 3.40. The number of aliphatic hydroxyl groups is 1. The second-order valence-corrected chi connectivity index (χ2v) is 5.30. The van der Waals surface area contributed by atoms with E-state index < -0.39 is 0 Å². The number of fused-ring (bicyclic) bond motifs is 1. The summed E-state index contributed by atoms with van der Waals surface area (Å²) in [6.45, 7) is 0.383. The molecule has 1 aliphatic rings. The molecule has 1 amide bonds. The Bertz CT molecular complexity index is 619. The van der Waals surface area contributed by atoms with Gasteiger partial charge in [-0.05, 0) is 37.1 Å². The van der Waals surface area contributed by atoms with Gasteiger partial charge < -0.3 is 15.0 Å². The minimum Gasteiger partial charge on any atom is -0.395 e. The highest BCUT2D eigenvalue weighted by Crippen LogP contribution is 2.28. The van der Waals surface area contributed by atoms with Gasteiger partial charge in [-0.3, -0.25) is 4.79 Å². The Morgan fingerprint density at radius 1 is 1.42 bits per heavy atom. The van der Waals surface area contributed by atoms with Crippen LogP contribution in [-0.2, 0) is 0 Å². The Morgan fingerprint density at radius 2 is 2.21 bits per heavy atom. The first-order valence-corrected chi connectivity index (χ1v) is 6.77. The van der Waals surface area contributed by atoms with E-state index in [1.807, 2.05) is 18.2 Å². The van der Waals surface area contributed by atoms with Gasteiger partial charge in [-0.25, -0.2) is 0 Å². The highest BCUT2D eigenvalue weighted by molar-refractivity contribution is 6.31. The number of benzene rings is 1. The molecule has 0 saturated heterocycles. The van der Waals surface area contributed by atoms with Gasteiger partial charge in [0.1, 0.15) is 5.69 Å². The van der Waals surface area contributed by atoms with Gasteiger partial charge >= 0.3 is 0 Å². The first-order valence-electron chi connectivity index (χ1n) is 6.39. The van der Waals surface area contributed by atoms with Crippen molar-refractivity contribution in [2.45, 2.75) is 18.9 Å². The molecule has 1 heterocycles.